The number of aliphatic carboxylic acids is 3. The van der Waals surface area contributed by atoms with Crippen LogP contribution in [0.25, 0.3) is 0 Å². The number of fused-ring (bicyclic) bond motifs is 1. The molecular formula is C50H69N9O14S. The van der Waals surface area contributed by atoms with Crippen LogP contribution in [0.15, 0.2) is 54.6 Å². The number of thioether (sulfide) groups is 1. The zero-order valence-electron chi connectivity index (χ0n) is 41.9. The quantitative estimate of drug-likeness (QED) is 0.0389. The molecule has 3 heterocycles. The second-order valence-electron chi connectivity index (χ2n) is 18.8. The summed E-state index contributed by atoms with van der Waals surface area (Å²) in [5, 5.41) is 40.0. The van der Waals surface area contributed by atoms with Crippen molar-refractivity contribution in [1.82, 2.24) is 40.4 Å². The van der Waals surface area contributed by atoms with E-state index in [0.29, 0.717) is 42.9 Å². The lowest BCUT2D eigenvalue weighted by Gasteiger charge is -2.33. The second-order valence-corrected chi connectivity index (χ2v) is 19.8. The van der Waals surface area contributed by atoms with Crippen LogP contribution in [0.5, 0.6) is 0 Å². The number of ether oxygens (including phenoxy) is 1. The first kappa shape index (κ1) is 58.4. The summed E-state index contributed by atoms with van der Waals surface area (Å²) < 4.78 is 5.57. The fraction of sp³-hybridized carbons (Fsp3) is 0.560. The maximum Gasteiger partial charge on any atom is 0.326 e. The molecule has 7 N–H and O–H groups in total. The van der Waals surface area contributed by atoms with Gasteiger partial charge in [0.15, 0.2) is 12.0 Å². The van der Waals surface area contributed by atoms with E-state index in [-0.39, 0.29) is 122 Å². The number of Topliss-reactive ketones (excluding diaryl/α,β-unsaturated/α-hetero) is 1. The first-order valence-corrected chi connectivity index (χ1v) is 26.2. The topological polar surface area (TPSA) is 305 Å². The third-order valence-electron chi connectivity index (χ3n) is 13.0. The Morgan fingerprint density at radius 2 is 1.41 bits per heavy atom. The first-order chi connectivity index (χ1) is 35.4. The van der Waals surface area contributed by atoms with Gasteiger partial charge in [0.05, 0.1) is 38.8 Å². The number of anilines is 1. The molecule has 2 unspecified atom stereocenters. The van der Waals surface area contributed by atoms with Crippen molar-refractivity contribution in [3.05, 3.63) is 65.7 Å². The van der Waals surface area contributed by atoms with Gasteiger partial charge in [0.2, 0.25) is 23.6 Å². The molecule has 0 radical (unpaired) electrons. The Hall–Kier alpha value is -6.47. The normalized spacial score (nSPS) is 19.5. The molecule has 2 aromatic carbocycles. The molecule has 0 aromatic heterocycles. The Bertz CT molecular complexity index is 2290. The van der Waals surface area contributed by atoms with Crippen LogP contribution >= 0.6 is 11.8 Å². The standard InChI is InChI=1S/C50H69N9O14S/c1-33-24-42(62)59(48(33)69)16-7-6-10-39(49(70)71)53-47(68)36(25-34-8-4-3-5-9-34)26-40(60)38(15-23-74-2)54-50(72)52-37-13-11-35(12-14-37)27-51-41(61)28-57-20-19-55(30-44(63)64)17-18-56(31-45(65)66)21-22-58-32-46(67)73-43(58)29-57/h3-5,8-9,11-14,33,36,38-39,43H,6-7,10,15-32H2,1-2H3,(H,51,61)(H,53,68)(H,63,64)(H,65,66)(H,70,71)(H2,52,54,72)/t33?,36-,38+,39+,43?/m1/s1. The second kappa shape index (κ2) is 29.4. The zero-order valence-corrected chi connectivity index (χ0v) is 42.7. The first-order valence-electron chi connectivity index (χ1n) is 24.8. The number of nitrogens with one attached hydrogen (secondary N) is 4. The fourth-order valence-corrected chi connectivity index (χ4v) is 9.42. The summed E-state index contributed by atoms with van der Waals surface area (Å²) >= 11 is 1.47. The number of hydrogen-bond donors (Lipinski definition) is 7. The number of carbonyl (C=O) groups excluding carboxylic acids is 7. The molecule has 2 aromatic rings. The van der Waals surface area contributed by atoms with E-state index < -0.39 is 71.7 Å². The third kappa shape index (κ3) is 19.4. The SMILES string of the molecule is CSCC[C@H](NC(=O)Nc1ccc(CNC(=O)CN2CCN(CC(=O)O)CCN(CC(=O)O)CCN3CC(=O)OC3C2)cc1)C(=O)C[C@@H](Cc1ccccc1)C(=O)N[C@@H](CCCCN1C(=O)CC(C)C1=O)C(=O)O. The highest BCUT2D eigenvalue weighted by atomic mass is 32.2. The minimum absolute atomic E-state index is 0.00782. The Morgan fingerprint density at radius 3 is 2.01 bits per heavy atom. The number of urea groups is 1. The van der Waals surface area contributed by atoms with E-state index in [1.807, 2.05) is 6.26 Å². The van der Waals surface area contributed by atoms with Gasteiger partial charge in [-0.2, -0.15) is 11.8 Å². The Balaban J connectivity index is 1.15. The Kier molecular flexibility index (Phi) is 23.2. The fourth-order valence-electron chi connectivity index (χ4n) is 8.95. The number of benzene rings is 2. The van der Waals surface area contributed by atoms with Crippen molar-refractivity contribution in [3.8, 4) is 0 Å². The van der Waals surface area contributed by atoms with E-state index in [1.165, 1.54) is 16.7 Å². The number of imide groups is 1. The monoisotopic (exact) mass is 1050 g/mol. The van der Waals surface area contributed by atoms with Gasteiger partial charge >= 0.3 is 29.9 Å². The summed E-state index contributed by atoms with van der Waals surface area (Å²) in [6.45, 7) is 3.15. The molecule has 0 spiro atoms. The van der Waals surface area contributed by atoms with Crippen molar-refractivity contribution < 1.29 is 68.0 Å². The minimum atomic E-state index is -1.29. The molecule has 0 aliphatic carbocycles. The van der Waals surface area contributed by atoms with Crippen LogP contribution in [0.1, 0.15) is 56.6 Å². The number of esters is 1. The van der Waals surface area contributed by atoms with Gasteiger partial charge in [-0.15, -0.1) is 0 Å². The van der Waals surface area contributed by atoms with E-state index in [0.717, 1.165) is 5.56 Å². The van der Waals surface area contributed by atoms with E-state index in [4.69, 9.17) is 4.74 Å². The van der Waals surface area contributed by atoms with Crippen LogP contribution in [0.3, 0.4) is 0 Å². The number of likely N-dealkylation sites (tertiary alicyclic amines) is 1. The lowest BCUT2D eigenvalue weighted by atomic mass is 9.90. The molecule has 74 heavy (non-hydrogen) atoms. The van der Waals surface area contributed by atoms with Crippen LogP contribution in [-0.2, 0) is 60.9 Å². The van der Waals surface area contributed by atoms with E-state index >= 15 is 0 Å². The summed E-state index contributed by atoms with van der Waals surface area (Å²) in [5.41, 5.74) is 1.82. The molecule has 5 rings (SSSR count). The minimum Gasteiger partial charge on any atom is -0.480 e. The summed E-state index contributed by atoms with van der Waals surface area (Å²) in [7, 11) is 0. The predicted octanol–water partition coefficient (Wildman–Crippen LogP) is 0.773. The smallest absolute Gasteiger partial charge is 0.326 e. The number of hydrogen-bond acceptors (Lipinski definition) is 16. The van der Waals surface area contributed by atoms with Crippen molar-refractivity contribution in [1.29, 1.82) is 0 Å². The van der Waals surface area contributed by atoms with Gasteiger partial charge in [0, 0.05) is 82.7 Å². The van der Waals surface area contributed by atoms with Gasteiger partial charge in [-0.3, -0.25) is 62.9 Å². The van der Waals surface area contributed by atoms with E-state index in [2.05, 4.69) is 21.3 Å². The van der Waals surface area contributed by atoms with Crippen LogP contribution in [0, 0.1) is 11.8 Å². The highest BCUT2D eigenvalue weighted by Crippen LogP contribution is 2.21. The molecule has 23 nitrogen and oxygen atoms in total. The zero-order chi connectivity index (χ0) is 53.7. The Morgan fingerprint density at radius 1 is 0.757 bits per heavy atom. The highest BCUT2D eigenvalue weighted by molar-refractivity contribution is 7.98. The molecule has 5 atom stereocenters. The predicted molar refractivity (Wildman–Crippen MR) is 270 cm³/mol. The number of ketones is 1. The molecule has 24 heteroatoms. The summed E-state index contributed by atoms with van der Waals surface area (Å²) in [4.78, 5) is 135. The van der Waals surface area contributed by atoms with Gasteiger partial charge in [0.25, 0.3) is 0 Å². The molecule has 6 amide bonds. The van der Waals surface area contributed by atoms with E-state index in [9.17, 15) is 63.3 Å². The van der Waals surface area contributed by atoms with Gasteiger partial charge in [-0.25, -0.2) is 9.59 Å². The number of amides is 6. The van der Waals surface area contributed by atoms with Crippen molar-refractivity contribution in [2.24, 2.45) is 11.8 Å². The van der Waals surface area contributed by atoms with Crippen molar-refractivity contribution in [2.45, 2.75) is 76.7 Å². The molecule has 3 aliphatic rings. The van der Waals surface area contributed by atoms with E-state index in [1.54, 1.807) is 81.1 Å². The van der Waals surface area contributed by atoms with Gasteiger partial charge < -0.3 is 41.3 Å². The number of unbranched alkanes of at least 4 members (excludes halogenated alkanes) is 1. The number of rotatable bonds is 26. The summed E-state index contributed by atoms with van der Waals surface area (Å²) in [5.74, 6) is -6.60. The Labute approximate surface area is 434 Å². The lowest BCUT2D eigenvalue weighted by Crippen LogP contribution is -2.51. The lowest BCUT2D eigenvalue weighted by molar-refractivity contribution is -0.143. The largest absolute Gasteiger partial charge is 0.480 e. The van der Waals surface area contributed by atoms with Gasteiger partial charge in [-0.05, 0) is 67.4 Å². The summed E-state index contributed by atoms with van der Waals surface area (Å²) in [6.07, 6.45) is 2.06. The maximum absolute atomic E-state index is 14.0. The van der Waals surface area contributed by atoms with Crippen molar-refractivity contribution in [3.63, 3.8) is 0 Å². The number of nitrogens with zero attached hydrogens (tertiary/aromatic N) is 5. The third-order valence-corrected chi connectivity index (χ3v) is 13.7. The van der Waals surface area contributed by atoms with Crippen molar-refractivity contribution >= 4 is 76.8 Å². The average molecular weight is 1050 g/mol. The van der Waals surface area contributed by atoms with Crippen LogP contribution in [0.2, 0.25) is 0 Å². The summed E-state index contributed by atoms with van der Waals surface area (Å²) in [6, 6.07) is 12.7. The highest BCUT2D eigenvalue weighted by Gasteiger charge is 2.37. The van der Waals surface area contributed by atoms with Crippen LogP contribution in [0.4, 0.5) is 10.5 Å². The number of carboxylic acid groups (broad SMARTS) is 3. The van der Waals surface area contributed by atoms with Gasteiger partial charge in [-0.1, -0.05) is 49.4 Å². The van der Waals surface area contributed by atoms with Crippen LogP contribution in [-0.4, -0.2) is 208 Å². The number of carboxylic acids is 3. The molecular weight excluding hydrogens is 983 g/mol. The molecule has 0 saturated carbocycles. The number of carbonyl (C=O) groups is 10. The molecule has 0 bridgehead atoms. The molecule has 3 saturated heterocycles. The average Bonchev–Trinajstić information content (AvgIpc) is 3.82. The molecule has 3 fully saturated rings. The van der Waals surface area contributed by atoms with Crippen molar-refractivity contribution in [2.75, 3.05) is 95.9 Å². The van der Waals surface area contributed by atoms with Crippen LogP contribution < -0.4 is 21.3 Å². The van der Waals surface area contributed by atoms with Gasteiger partial charge in [0.1, 0.15) is 6.04 Å². The molecule has 3 aliphatic heterocycles. The maximum atomic E-state index is 14.0. The molecule has 404 valence electrons.